The Bertz CT molecular complexity index is 995. The van der Waals surface area contributed by atoms with Gasteiger partial charge in [0.1, 0.15) is 6.10 Å². The summed E-state index contributed by atoms with van der Waals surface area (Å²) in [6, 6.07) is 13.7. The fraction of sp³-hybridized carbons (Fsp3) is 0.273. The van der Waals surface area contributed by atoms with Crippen LogP contribution >= 0.6 is 0 Å². The molecule has 0 aliphatic carbocycles. The van der Waals surface area contributed by atoms with Crippen LogP contribution in [0.3, 0.4) is 0 Å². The number of halogens is 3. The minimum absolute atomic E-state index is 0.113. The van der Waals surface area contributed by atoms with Crippen molar-refractivity contribution in [2.45, 2.75) is 25.3 Å². The molecule has 0 bridgehead atoms. The molecule has 3 aromatic rings. The highest BCUT2D eigenvalue weighted by Crippen LogP contribution is 2.31. The zero-order chi connectivity index (χ0) is 21.1. The van der Waals surface area contributed by atoms with Gasteiger partial charge in [0.15, 0.2) is 0 Å². The highest BCUT2D eigenvalue weighted by Gasteiger charge is 2.31. The van der Waals surface area contributed by atoms with Gasteiger partial charge in [0.2, 0.25) is 5.88 Å². The van der Waals surface area contributed by atoms with Crippen LogP contribution in [-0.4, -0.2) is 34.3 Å². The van der Waals surface area contributed by atoms with Gasteiger partial charge in [-0.15, -0.1) is 0 Å². The number of aliphatic hydroxyl groups excluding tert-OH is 1. The zero-order valence-corrected chi connectivity index (χ0v) is 16.0. The Morgan fingerprint density at radius 1 is 1.10 bits per heavy atom. The van der Waals surface area contributed by atoms with E-state index in [1.165, 1.54) is 6.07 Å². The number of benzene rings is 1. The molecule has 0 radical (unpaired) electrons. The lowest BCUT2D eigenvalue weighted by Crippen LogP contribution is -2.25. The maximum absolute atomic E-state index is 12.7. The third-order valence-corrected chi connectivity index (χ3v) is 5.05. The van der Waals surface area contributed by atoms with Crippen LogP contribution < -0.4 is 9.64 Å². The molecule has 3 heterocycles. The van der Waals surface area contributed by atoms with Crippen LogP contribution in [0.4, 0.5) is 18.9 Å². The summed E-state index contributed by atoms with van der Waals surface area (Å²) in [5.41, 5.74) is 2.64. The number of pyridine rings is 2. The van der Waals surface area contributed by atoms with E-state index in [1.807, 2.05) is 36.4 Å². The quantitative estimate of drug-likeness (QED) is 0.673. The fourth-order valence-electron chi connectivity index (χ4n) is 3.55. The van der Waals surface area contributed by atoms with Crippen LogP contribution in [0.1, 0.15) is 17.5 Å². The van der Waals surface area contributed by atoms with E-state index in [4.69, 9.17) is 4.74 Å². The van der Waals surface area contributed by atoms with Crippen molar-refractivity contribution in [1.82, 2.24) is 9.97 Å². The number of aliphatic hydroxyl groups is 1. The van der Waals surface area contributed by atoms with Gasteiger partial charge in [0, 0.05) is 48.2 Å². The molecule has 1 fully saturated rings. The molecule has 1 unspecified atom stereocenters. The lowest BCUT2D eigenvalue weighted by Gasteiger charge is -2.22. The monoisotopic (exact) mass is 415 g/mol. The summed E-state index contributed by atoms with van der Waals surface area (Å²) in [6.07, 6.45) is -1.41. The second-order valence-electron chi connectivity index (χ2n) is 7.07. The van der Waals surface area contributed by atoms with Gasteiger partial charge in [-0.05, 0) is 30.3 Å². The van der Waals surface area contributed by atoms with Crippen molar-refractivity contribution in [3.63, 3.8) is 0 Å². The van der Waals surface area contributed by atoms with Crippen LogP contribution in [0.15, 0.2) is 60.9 Å². The Morgan fingerprint density at radius 3 is 2.63 bits per heavy atom. The van der Waals surface area contributed by atoms with E-state index in [1.54, 1.807) is 6.20 Å². The largest absolute Gasteiger partial charge is 0.472 e. The number of nitrogens with zero attached hydrogens (tertiary/aromatic N) is 3. The van der Waals surface area contributed by atoms with Crippen molar-refractivity contribution in [1.29, 1.82) is 0 Å². The van der Waals surface area contributed by atoms with Crippen molar-refractivity contribution in [2.75, 3.05) is 18.0 Å². The first-order valence-corrected chi connectivity index (χ1v) is 9.54. The molecule has 1 N–H and O–H groups in total. The van der Waals surface area contributed by atoms with Crippen molar-refractivity contribution in [2.24, 2.45) is 0 Å². The van der Waals surface area contributed by atoms with E-state index in [0.717, 1.165) is 34.8 Å². The Hall–Kier alpha value is -3.13. The smallest absolute Gasteiger partial charge is 0.417 e. The molecule has 30 heavy (non-hydrogen) atoms. The second-order valence-corrected chi connectivity index (χ2v) is 7.07. The van der Waals surface area contributed by atoms with Gasteiger partial charge in [-0.1, -0.05) is 12.1 Å². The molecule has 1 aromatic carbocycles. The van der Waals surface area contributed by atoms with Crippen LogP contribution in [0.2, 0.25) is 0 Å². The molecule has 0 spiro atoms. The van der Waals surface area contributed by atoms with Crippen LogP contribution in [0, 0.1) is 0 Å². The lowest BCUT2D eigenvalue weighted by molar-refractivity contribution is -0.137. The molecule has 1 aliphatic heterocycles. The third-order valence-electron chi connectivity index (χ3n) is 5.05. The zero-order valence-electron chi connectivity index (χ0n) is 16.0. The summed E-state index contributed by atoms with van der Waals surface area (Å²) in [6.45, 7) is 1.15. The van der Waals surface area contributed by atoms with Crippen molar-refractivity contribution in [3.8, 4) is 17.1 Å². The summed E-state index contributed by atoms with van der Waals surface area (Å²) < 4.78 is 43.7. The maximum Gasteiger partial charge on any atom is 0.417 e. The van der Waals surface area contributed by atoms with Crippen molar-refractivity contribution >= 4 is 5.69 Å². The SMILES string of the molecule is OCc1cc(-c2ccccn2)ccc1N1CCC(Oc2ccc(C(F)(F)F)cn2)C1. The Kier molecular flexibility index (Phi) is 5.59. The van der Waals surface area contributed by atoms with Crippen molar-refractivity contribution in [3.05, 3.63) is 72.1 Å². The normalized spacial score (nSPS) is 16.7. The summed E-state index contributed by atoms with van der Waals surface area (Å²) in [7, 11) is 0. The topological polar surface area (TPSA) is 58.5 Å². The second kappa shape index (κ2) is 8.31. The molecule has 4 rings (SSSR count). The van der Waals surface area contributed by atoms with E-state index < -0.39 is 11.7 Å². The standard InChI is InChI=1S/C22H20F3N3O2/c23-22(24,25)17-5-7-21(27-12-17)30-18-8-10-28(13-18)20-6-4-15(11-16(20)14-29)19-3-1-2-9-26-19/h1-7,9,11-12,18,29H,8,10,13-14H2. The first-order valence-electron chi connectivity index (χ1n) is 9.54. The molecule has 0 saturated carbocycles. The van der Waals surface area contributed by atoms with Gasteiger partial charge in [0.25, 0.3) is 0 Å². The predicted molar refractivity (Wildman–Crippen MR) is 106 cm³/mol. The Balaban J connectivity index is 1.45. The summed E-state index contributed by atoms with van der Waals surface area (Å²) >= 11 is 0. The molecule has 1 saturated heterocycles. The van der Waals surface area contributed by atoms with Gasteiger partial charge < -0.3 is 14.7 Å². The van der Waals surface area contributed by atoms with E-state index in [9.17, 15) is 18.3 Å². The molecule has 156 valence electrons. The number of ether oxygens (including phenoxy) is 1. The number of hydrogen-bond acceptors (Lipinski definition) is 5. The van der Waals surface area contributed by atoms with E-state index >= 15 is 0 Å². The molecule has 1 aliphatic rings. The number of anilines is 1. The first-order chi connectivity index (χ1) is 14.4. The minimum atomic E-state index is -4.42. The van der Waals surface area contributed by atoms with Crippen LogP contribution in [-0.2, 0) is 12.8 Å². The minimum Gasteiger partial charge on any atom is -0.472 e. The van der Waals surface area contributed by atoms with Gasteiger partial charge in [-0.2, -0.15) is 13.2 Å². The number of alkyl halides is 3. The molecular weight excluding hydrogens is 395 g/mol. The van der Waals surface area contributed by atoms with Gasteiger partial charge in [-0.25, -0.2) is 4.98 Å². The highest BCUT2D eigenvalue weighted by atomic mass is 19.4. The average Bonchev–Trinajstić information content (AvgIpc) is 3.22. The van der Waals surface area contributed by atoms with Gasteiger partial charge in [-0.3, -0.25) is 4.98 Å². The average molecular weight is 415 g/mol. The molecule has 2 aromatic heterocycles. The maximum atomic E-state index is 12.7. The van der Waals surface area contributed by atoms with Crippen LogP contribution in [0.5, 0.6) is 5.88 Å². The first kappa shape index (κ1) is 20.2. The molecule has 5 nitrogen and oxygen atoms in total. The molecule has 0 amide bonds. The molecule has 1 atom stereocenters. The van der Waals surface area contributed by atoms with Gasteiger partial charge in [0.05, 0.1) is 24.4 Å². The van der Waals surface area contributed by atoms with E-state index in [-0.39, 0.29) is 18.6 Å². The highest BCUT2D eigenvalue weighted by molar-refractivity contribution is 5.66. The molecule has 8 heteroatoms. The summed E-state index contributed by atoms with van der Waals surface area (Å²) in [4.78, 5) is 10.2. The Labute approximate surface area is 171 Å². The van der Waals surface area contributed by atoms with Gasteiger partial charge >= 0.3 is 6.18 Å². The van der Waals surface area contributed by atoms with E-state index in [2.05, 4.69) is 14.9 Å². The number of hydrogen-bond donors (Lipinski definition) is 1. The number of rotatable bonds is 5. The summed E-state index contributed by atoms with van der Waals surface area (Å²) in [5, 5.41) is 9.86. The van der Waals surface area contributed by atoms with Crippen LogP contribution in [0.25, 0.3) is 11.3 Å². The van der Waals surface area contributed by atoms with Crippen molar-refractivity contribution < 1.29 is 23.0 Å². The number of aromatic nitrogens is 2. The fourth-order valence-corrected chi connectivity index (χ4v) is 3.55. The third kappa shape index (κ3) is 4.38. The summed E-state index contributed by atoms with van der Waals surface area (Å²) in [5.74, 6) is 0.169. The Morgan fingerprint density at radius 2 is 1.97 bits per heavy atom. The lowest BCUT2D eigenvalue weighted by atomic mass is 10.1. The predicted octanol–water partition coefficient (Wildman–Crippen LogP) is 4.31. The molecular formula is C22H20F3N3O2. The van der Waals surface area contributed by atoms with E-state index in [0.29, 0.717) is 19.5 Å².